The van der Waals surface area contributed by atoms with Crippen molar-refractivity contribution >= 4 is 5.91 Å². The van der Waals surface area contributed by atoms with Gasteiger partial charge in [-0.2, -0.15) is 0 Å². The Morgan fingerprint density at radius 1 is 1.21 bits per heavy atom. The van der Waals surface area contributed by atoms with Crippen LogP contribution in [0.1, 0.15) is 27.2 Å². The molecule has 80 valence electrons. The quantitative estimate of drug-likeness (QED) is 0.633. The van der Waals surface area contributed by atoms with Crippen LogP contribution in [-0.4, -0.2) is 36.1 Å². The first-order valence-corrected chi connectivity index (χ1v) is 5.52. The summed E-state index contributed by atoms with van der Waals surface area (Å²) in [5.74, 6) is 1.27. The Balaban J connectivity index is 1.93. The standard InChI is InChI=1S/C11H19NO2/c1-7-4-10(7)11(13)12-5-8(2)14-9(3)6-12/h7-10H,4-6H2,1-3H3. The van der Waals surface area contributed by atoms with E-state index >= 15 is 0 Å². The maximum Gasteiger partial charge on any atom is 0.226 e. The Kier molecular flexibility index (Phi) is 2.52. The highest BCUT2D eigenvalue weighted by atomic mass is 16.5. The summed E-state index contributed by atoms with van der Waals surface area (Å²) in [7, 11) is 0. The SMILES string of the molecule is CC1CN(C(=O)C2CC2C)CC(C)O1. The number of morpholine rings is 1. The minimum absolute atomic E-state index is 0.191. The summed E-state index contributed by atoms with van der Waals surface area (Å²) in [4.78, 5) is 13.9. The van der Waals surface area contributed by atoms with Crippen molar-refractivity contribution in [2.24, 2.45) is 11.8 Å². The first kappa shape index (κ1) is 9.97. The lowest BCUT2D eigenvalue weighted by molar-refractivity contribution is -0.144. The second-order valence-corrected chi connectivity index (χ2v) is 4.82. The molecule has 1 saturated heterocycles. The summed E-state index contributed by atoms with van der Waals surface area (Å²) >= 11 is 0. The fourth-order valence-corrected chi connectivity index (χ4v) is 2.26. The van der Waals surface area contributed by atoms with Gasteiger partial charge in [-0.3, -0.25) is 4.79 Å². The Bertz CT molecular complexity index is 231. The van der Waals surface area contributed by atoms with Gasteiger partial charge in [0.1, 0.15) is 0 Å². The van der Waals surface area contributed by atoms with Crippen LogP contribution in [0.25, 0.3) is 0 Å². The number of nitrogens with zero attached hydrogens (tertiary/aromatic N) is 1. The van der Waals surface area contributed by atoms with Crippen molar-refractivity contribution in [3.63, 3.8) is 0 Å². The van der Waals surface area contributed by atoms with Crippen molar-refractivity contribution in [1.29, 1.82) is 0 Å². The van der Waals surface area contributed by atoms with Gasteiger partial charge in [-0.25, -0.2) is 0 Å². The van der Waals surface area contributed by atoms with E-state index in [2.05, 4.69) is 6.92 Å². The van der Waals surface area contributed by atoms with Gasteiger partial charge >= 0.3 is 0 Å². The highest BCUT2D eigenvalue weighted by molar-refractivity contribution is 5.81. The van der Waals surface area contributed by atoms with E-state index in [0.29, 0.717) is 17.7 Å². The van der Waals surface area contributed by atoms with Gasteiger partial charge in [-0.05, 0) is 26.2 Å². The van der Waals surface area contributed by atoms with Crippen LogP contribution in [0.2, 0.25) is 0 Å². The van der Waals surface area contributed by atoms with Crippen molar-refractivity contribution in [3.05, 3.63) is 0 Å². The van der Waals surface area contributed by atoms with E-state index in [1.165, 1.54) is 0 Å². The normalized spacial score (nSPS) is 42.4. The molecule has 2 fully saturated rings. The molecule has 0 aromatic rings. The number of carbonyl (C=O) groups is 1. The number of rotatable bonds is 1. The summed E-state index contributed by atoms with van der Waals surface area (Å²) in [5.41, 5.74) is 0. The Hall–Kier alpha value is -0.570. The summed E-state index contributed by atoms with van der Waals surface area (Å²) in [5, 5.41) is 0. The molecule has 1 aliphatic carbocycles. The molecule has 0 radical (unpaired) electrons. The van der Waals surface area contributed by atoms with Gasteiger partial charge in [0.05, 0.1) is 12.2 Å². The van der Waals surface area contributed by atoms with Crippen LogP contribution < -0.4 is 0 Å². The first-order valence-electron chi connectivity index (χ1n) is 5.52. The predicted molar refractivity (Wildman–Crippen MR) is 53.9 cm³/mol. The molecule has 1 saturated carbocycles. The average Bonchev–Trinajstić information content (AvgIpc) is 2.79. The first-order chi connectivity index (χ1) is 6.58. The van der Waals surface area contributed by atoms with Gasteiger partial charge in [-0.1, -0.05) is 6.92 Å². The van der Waals surface area contributed by atoms with E-state index in [1.54, 1.807) is 0 Å². The largest absolute Gasteiger partial charge is 0.372 e. The van der Waals surface area contributed by atoms with Crippen molar-refractivity contribution in [1.82, 2.24) is 4.90 Å². The van der Waals surface area contributed by atoms with Crippen molar-refractivity contribution in [2.75, 3.05) is 13.1 Å². The van der Waals surface area contributed by atoms with Crippen molar-refractivity contribution < 1.29 is 9.53 Å². The summed E-state index contributed by atoms with van der Waals surface area (Å²) < 4.78 is 5.60. The van der Waals surface area contributed by atoms with E-state index in [-0.39, 0.29) is 12.2 Å². The van der Waals surface area contributed by atoms with Crippen LogP contribution in [0.4, 0.5) is 0 Å². The summed E-state index contributed by atoms with van der Waals surface area (Å²) in [6, 6.07) is 0. The minimum Gasteiger partial charge on any atom is -0.372 e. The van der Waals surface area contributed by atoms with E-state index in [9.17, 15) is 4.79 Å². The van der Waals surface area contributed by atoms with E-state index in [1.807, 2.05) is 18.7 Å². The fourth-order valence-electron chi connectivity index (χ4n) is 2.26. The van der Waals surface area contributed by atoms with Crippen molar-refractivity contribution in [2.45, 2.75) is 39.4 Å². The molecule has 0 aromatic carbocycles. The van der Waals surface area contributed by atoms with Crippen LogP contribution in [0.3, 0.4) is 0 Å². The second kappa shape index (κ2) is 3.54. The molecule has 1 heterocycles. The van der Waals surface area contributed by atoms with Crippen LogP contribution in [0.5, 0.6) is 0 Å². The van der Waals surface area contributed by atoms with Crippen LogP contribution in [0.15, 0.2) is 0 Å². The molecule has 3 heteroatoms. The summed E-state index contributed by atoms with van der Waals surface area (Å²) in [6.45, 7) is 7.76. The second-order valence-electron chi connectivity index (χ2n) is 4.82. The number of amides is 1. The molecule has 1 amide bonds. The predicted octanol–water partition coefficient (Wildman–Crippen LogP) is 1.28. The Morgan fingerprint density at radius 2 is 1.71 bits per heavy atom. The third-order valence-electron chi connectivity index (χ3n) is 3.16. The third-order valence-corrected chi connectivity index (χ3v) is 3.16. The molecule has 14 heavy (non-hydrogen) atoms. The highest BCUT2D eigenvalue weighted by Gasteiger charge is 2.42. The smallest absolute Gasteiger partial charge is 0.226 e. The average molecular weight is 197 g/mol. The highest BCUT2D eigenvalue weighted by Crippen LogP contribution is 2.39. The molecule has 2 rings (SSSR count). The number of carbonyl (C=O) groups excluding carboxylic acids is 1. The monoisotopic (exact) mass is 197 g/mol. The van der Waals surface area contributed by atoms with Crippen LogP contribution in [-0.2, 0) is 9.53 Å². The van der Waals surface area contributed by atoms with Gasteiger partial charge in [0.15, 0.2) is 0 Å². The number of hydrogen-bond donors (Lipinski definition) is 0. The zero-order valence-electron chi connectivity index (χ0n) is 9.19. The lowest BCUT2D eigenvalue weighted by Gasteiger charge is -2.35. The van der Waals surface area contributed by atoms with E-state index in [4.69, 9.17) is 4.74 Å². The maximum atomic E-state index is 11.9. The van der Waals surface area contributed by atoms with Crippen molar-refractivity contribution in [3.8, 4) is 0 Å². The summed E-state index contributed by atoms with van der Waals surface area (Å²) in [6.07, 6.45) is 1.47. The molecule has 0 bridgehead atoms. The molecule has 1 aliphatic heterocycles. The van der Waals surface area contributed by atoms with Gasteiger partial charge < -0.3 is 9.64 Å². The van der Waals surface area contributed by atoms with E-state index in [0.717, 1.165) is 19.5 Å². The minimum atomic E-state index is 0.191. The Labute approximate surface area is 85.4 Å². The fraction of sp³-hybridized carbons (Fsp3) is 0.909. The van der Waals surface area contributed by atoms with Gasteiger partial charge in [0.2, 0.25) is 5.91 Å². The lowest BCUT2D eigenvalue weighted by atomic mass is 10.2. The van der Waals surface area contributed by atoms with Gasteiger partial charge in [-0.15, -0.1) is 0 Å². The molecular weight excluding hydrogens is 178 g/mol. The van der Waals surface area contributed by atoms with Crippen LogP contribution in [0, 0.1) is 11.8 Å². The van der Waals surface area contributed by atoms with Gasteiger partial charge in [0, 0.05) is 19.0 Å². The zero-order chi connectivity index (χ0) is 10.3. The number of ether oxygens (including phenoxy) is 1. The molecular formula is C11H19NO2. The molecule has 0 spiro atoms. The molecule has 0 N–H and O–H groups in total. The van der Waals surface area contributed by atoms with Gasteiger partial charge in [0.25, 0.3) is 0 Å². The topological polar surface area (TPSA) is 29.5 Å². The molecule has 4 unspecified atom stereocenters. The molecule has 4 atom stereocenters. The lowest BCUT2D eigenvalue weighted by Crippen LogP contribution is -2.48. The Morgan fingerprint density at radius 3 is 2.14 bits per heavy atom. The maximum absolute atomic E-state index is 11.9. The van der Waals surface area contributed by atoms with E-state index < -0.39 is 0 Å². The molecule has 0 aromatic heterocycles. The van der Waals surface area contributed by atoms with Crippen LogP contribution >= 0.6 is 0 Å². The third kappa shape index (κ3) is 1.92. The zero-order valence-corrected chi connectivity index (χ0v) is 9.19. The molecule has 3 nitrogen and oxygen atoms in total. The number of hydrogen-bond acceptors (Lipinski definition) is 2. The molecule has 2 aliphatic rings.